The lowest BCUT2D eigenvalue weighted by Gasteiger charge is -2.06. The molecule has 0 radical (unpaired) electrons. The molecule has 0 amide bonds. The zero-order valence-corrected chi connectivity index (χ0v) is 9.72. The average Bonchev–Trinajstić information content (AvgIpc) is 2.15. The van der Waals surface area contributed by atoms with Crippen molar-refractivity contribution in [2.45, 2.75) is 16.7 Å². The number of aromatic nitrogens is 1. The maximum absolute atomic E-state index is 12.3. The van der Waals surface area contributed by atoms with E-state index in [2.05, 4.69) is 20.9 Å². The van der Waals surface area contributed by atoms with Crippen molar-refractivity contribution in [3.63, 3.8) is 0 Å². The molecule has 0 aromatic carbocycles. The van der Waals surface area contributed by atoms with Gasteiger partial charge in [0.25, 0.3) is 6.43 Å². The van der Waals surface area contributed by atoms with Gasteiger partial charge in [0.05, 0.1) is 5.69 Å². The summed E-state index contributed by atoms with van der Waals surface area (Å²) in [6.07, 6.45) is -2.74. The minimum absolute atomic E-state index is 0.0182. The number of hydrogen-bond donors (Lipinski definition) is 1. The van der Waals surface area contributed by atoms with E-state index in [4.69, 9.17) is 5.14 Å². The molecule has 1 heterocycles. The van der Waals surface area contributed by atoms with Crippen LogP contribution in [-0.4, -0.2) is 13.4 Å². The van der Waals surface area contributed by atoms with Gasteiger partial charge in [-0.2, -0.15) is 0 Å². The van der Waals surface area contributed by atoms with Crippen LogP contribution >= 0.6 is 15.9 Å². The summed E-state index contributed by atoms with van der Waals surface area (Å²) >= 11 is 2.96. The van der Waals surface area contributed by atoms with Crippen LogP contribution in [0.4, 0.5) is 8.78 Å². The normalized spacial score (nSPS) is 12.1. The van der Waals surface area contributed by atoms with Crippen molar-refractivity contribution in [3.05, 3.63) is 23.5 Å². The molecular weight excluding hydrogens is 294 g/mol. The summed E-state index contributed by atoms with van der Waals surface area (Å²) < 4.78 is 46.6. The second-order valence-electron chi connectivity index (χ2n) is 2.66. The fourth-order valence-corrected chi connectivity index (χ4v) is 2.30. The zero-order valence-electron chi connectivity index (χ0n) is 7.32. The van der Waals surface area contributed by atoms with Crippen molar-refractivity contribution in [1.82, 2.24) is 4.98 Å². The molecular formula is C7H7BrF2N2O2S. The molecule has 0 saturated carbocycles. The summed E-state index contributed by atoms with van der Waals surface area (Å²) in [7, 11) is -3.93. The Morgan fingerprint density at radius 3 is 2.47 bits per heavy atom. The van der Waals surface area contributed by atoms with Crippen molar-refractivity contribution in [2.75, 3.05) is 0 Å². The molecule has 84 valence electrons. The van der Waals surface area contributed by atoms with Crippen LogP contribution in [0.5, 0.6) is 0 Å². The maximum Gasteiger partial charge on any atom is 0.280 e. The third-order valence-corrected chi connectivity index (χ3v) is 3.13. The Morgan fingerprint density at radius 2 is 2.07 bits per heavy atom. The molecule has 1 aromatic heterocycles. The number of nitrogens with zero attached hydrogens (tertiary/aromatic N) is 1. The number of nitrogens with two attached hydrogens (primary N) is 1. The standard InChI is InChI=1S/C7H7BrF2N2O2S/c8-3-5-6(15(11,13)14)2-1-4(12-5)7(9)10/h1-2,7H,3H2,(H2,11,13,14). The highest BCUT2D eigenvalue weighted by Crippen LogP contribution is 2.21. The number of sulfonamides is 1. The van der Waals surface area contributed by atoms with E-state index in [1.807, 2.05) is 0 Å². The lowest BCUT2D eigenvalue weighted by atomic mass is 10.3. The first-order valence-corrected chi connectivity index (χ1v) is 6.39. The minimum atomic E-state index is -3.93. The van der Waals surface area contributed by atoms with Crippen LogP contribution in [0.25, 0.3) is 0 Å². The van der Waals surface area contributed by atoms with Crippen LogP contribution in [0.2, 0.25) is 0 Å². The van der Waals surface area contributed by atoms with Crippen molar-refractivity contribution < 1.29 is 17.2 Å². The predicted octanol–water partition coefficient (Wildman–Crippen LogP) is 1.56. The van der Waals surface area contributed by atoms with E-state index < -0.39 is 22.1 Å². The number of primary sulfonamides is 1. The third kappa shape index (κ3) is 2.93. The highest BCUT2D eigenvalue weighted by molar-refractivity contribution is 9.08. The van der Waals surface area contributed by atoms with Gasteiger partial charge < -0.3 is 0 Å². The molecule has 1 rings (SSSR count). The van der Waals surface area contributed by atoms with Crippen molar-refractivity contribution in [1.29, 1.82) is 0 Å². The van der Waals surface area contributed by atoms with E-state index in [9.17, 15) is 17.2 Å². The van der Waals surface area contributed by atoms with E-state index in [-0.39, 0.29) is 15.9 Å². The highest BCUT2D eigenvalue weighted by atomic mass is 79.9. The highest BCUT2D eigenvalue weighted by Gasteiger charge is 2.17. The number of halogens is 3. The molecule has 0 saturated heterocycles. The Bertz CT molecular complexity index is 464. The molecule has 15 heavy (non-hydrogen) atoms. The molecule has 0 bridgehead atoms. The van der Waals surface area contributed by atoms with Crippen molar-refractivity contribution in [2.24, 2.45) is 5.14 Å². The van der Waals surface area contributed by atoms with Crippen molar-refractivity contribution >= 4 is 26.0 Å². The van der Waals surface area contributed by atoms with E-state index >= 15 is 0 Å². The zero-order chi connectivity index (χ0) is 11.6. The molecule has 0 atom stereocenters. The molecule has 0 spiro atoms. The van der Waals surface area contributed by atoms with Crippen LogP contribution in [0.15, 0.2) is 17.0 Å². The van der Waals surface area contributed by atoms with E-state index in [0.29, 0.717) is 0 Å². The Morgan fingerprint density at radius 1 is 1.47 bits per heavy atom. The molecule has 4 nitrogen and oxygen atoms in total. The van der Waals surface area contributed by atoms with Gasteiger partial charge in [0.15, 0.2) is 0 Å². The fraction of sp³-hybridized carbons (Fsp3) is 0.286. The first kappa shape index (κ1) is 12.5. The van der Waals surface area contributed by atoms with Crippen LogP contribution in [0, 0.1) is 0 Å². The van der Waals surface area contributed by atoms with Crippen molar-refractivity contribution in [3.8, 4) is 0 Å². The predicted molar refractivity (Wildman–Crippen MR) is 53.2 cm³/mol. The number of pyridine rings is 1. The number of rotatable bonds is 3. The van der Waals surface area contributed by atoms with Gasteiger partial charge in [-0.1, -0.05) is 15.9 Å². The largest absolute Gasteiger partial charge is 0.280 e. The summed E-state index contributed by atoms with van der Waals surface area (Å²) in [4.78, 5) is 3.25. The van der Waals surface area contributed by atoms with Gasteiger partial charge in [-0.05, 0) is 12.1 Å². The monoisotopic (exact) mass is 300 g/mol. The van der Waals surface area contributed by atoms with Crippen LogP contribution < -0.4 is 5.14 Å². The second kappa shape index (κ2) is 4.50. The minimum Gasteiger partial charge on any atom is -0.250 e. The van der Waals surface area contributed by atoms with Gasteiger partial charge in [-0.15, -0.1) is 0 Å². The number of hydrogen-bond acceptors (Lipinski definition) is 3. The molecule has 8 heteroatoms. The van der Waals surface area contributed by atoms with Gasteiger partial charge in [-0.25, -0.2) is 27.3 Å². The lowest BCUT2D eigenvalue weighted by molar-refractivity contribution is 0.145. The second-order valence-corrected chi connectivity index (χ2v) is 4.75. The summed E-state index contributed by atoms with van der Waals surface area (Å²) in [5.74, 6) is 0. The first-order valence-electron chi connectivity index (χ1n) is 3.73. The van der Waals surface area contributed by atoms with E-state index in [1.54, 1.807) is 0 Å². The Labute approximate surface area is 93.7 Å². The van der Waals surface area contributed by atoms with Gasteiger partial charge in [0.1, 0.15) is 10.6 Å². The lowest BCUT2D eigenvalue weighted by Crippen LogP contribution is -2.15. The Kier molecular flexibility index (Phi) is 3.74. The van der Waals surface area contributed by atoms with E-state index in [0.717, 1.165) is 12.1 Å². The van der Waals surface area contributed by atoms with Gasteiger partial charge in [0, 0.05) is 5.33 Å². The summed E-state index contributed by atoms with van der Waals surface area (Å²) in [6, 6.07) is 1.97. The molecule has 1 aromatic rings. The van der Waals surface area contributed by atoms with Gasteiger partial charge in [0.2, 0.25) is 10.0 Å². The third-order valence-electron chi connectivity index (χ3n) is 1.61. The van der Waals surface area contributed by atoms with Crippen LogP contribution in [-0.2, 0) is 15.4 Å². The van der Waals surface area contributed by atoms with Gasteiger partial charge >= 0.3 is 0 Å². The maximum atomic E-state index is 12.3. The smallest absolute Gasteiger partial charge is 0.250 e. The first-order chi connectivity index (χ1) is 6.86. The number of alkyl halides is 3. The topological polar surface area (TPSA) is 73.1 Å². The molecule has 0 aliphatic carbocycles. The fourth-order valence-electron chi connectivity index (χ4n) is 0.982. The Hall–Kier alpha value is -0.600. The SMILES string of the molecule is NS(=O)(=O)c1ccc(C(F)F)nc1CBr. The van der Waals surface area contributed by atoms with Crippen LogP contribution in [0.1, 0.15) is 17.8 Å². The van der Waals surface area contributed by atoms with Crippen LogP contribution in [0.3, 0.4) is 0 Å². The van der Waals surface area contributed by atoms with E-state index in [1.165, 1.54) is 0 Å². The van der Waals surface area contributed by atoms with Gasteiger partial charge in [-0.3, -0.25) is 0 Å². The quantitative estimate of drug-likeness (QED) is 0.861. The molecule has 0 fully saturated rings. The molecule has 2 N–H and O–H groups in total. The summed E-state index contributed by atoms with van der Waals surface area (Å²) in [5, 5.41) is 4.92. The molecule has 0 aliphatic rings. The average molecular weight is 301 g/mol. The molecule has 0 unspecified atom stereocenters. The molecule has 0 aliphatic heterocycles. The Balaban J connectivity index is 3.34. The summed E-state index contributed by atoms with van der Waals surface area (Å²) in [5.41, 5.74) is -0.493. The summed E-state index contributed by atoms with van der Waals surface area (Å²) in [6.45, 7) is 0.